The Kier molecular flexibility index (Phi) is 3.69. The molecule has 3 rings (SSSR count). The van der Waals surface area contributed by atoms with Gasteiger partial charge in [-0.3, -0.25) is 0 Å². The largest absolute Gasteiger partial charge is 0.486 e. The summed E-state index contributed by atoms with van der Waals surface area (Å²) >= 11 is 0. The lowest BCUT2D eigenvalue weighted by Crippen LogP contribution is -2.65. The van der Waals surface area contributed by atoms with Gasteiger partial charge in [-0.05, 0) is 12.1 Å². The van der Waals surface area contributed by atoms with Crippen molar-refractivity contribution in [3.8, 4) is 11.5 Å². The second-order valence-corrected chi connectivity index (χ2v) is 5.17. The van der Waals surface area contributed by atoms with Crippen molar-refractivity contribution in [3.63, 3.8) is 0 Å². The first-order valence-electron chi connectivity index (χ1n) is 6.89. The maximum absolute atomic E-state index is 9.76. The topological polar surface area (TPSA) is 74.2 Å². The summed E-state index contributed by atoms with van der Waals surface area (Å²) in [6.07, 6.45) is 0. The molecule has 1 aromatic rings. The molecule has 110 valence electrons. The van der Waals surface area contributed by atoms with Crippen LogP contribution in [0, 0.1) is 0 Å². The fourth-order valence-electron chi connectivity index (χ4n) is 2.82. The molecule has 1 aromatic carbocycles. The van der Waals surface area contributed by atoms with E-state index in [-0.39, 0.29) is 13.2 Å². The number of benzene rings is 1. The molecule has 0 radical (unpaired) electrons. The van der Waals surface area contributed by atoms with Crippen LogP contribution in [0.3, 0.4) is 0 Å². The number of aliphatic hydroxyl groups excluding tert-OH is 2. The Morgan fingerprint density at radius 1 is 1.20 bits per heavy atom. The van der Waals surface area contributed by atoms with Crippen LogP contribution >= 0.6 is 0 Å². The zero-order valence-electron chi connectivity index (χ0n) is 11.3. The van der Waals surface area contributed by atoms with Crippen LogP contribution in [0.25, 0.3) is 0 Å². The molecule has 1 fully saturated rings. The quantitative estimate of drug-likeness (QED) is 0.699. The SMILES string of the molecule is OCC1(CO)CNCCN1c1cccc2c1OCCO2. The van der Waals surface area contributed by atoms with Crippen LogP contribution in [0.1, 0.15) is 0 Å². The van der Waals surface area contributed by atoms with E-state index < -0.39 is 5.54 Å². The summed E-state index contributed by atoms with van der Waals surface area (Å²) in [6, 6.07) is 5.73. The minimum absolute atomic E-state index is 0.124. The van der Waals surface area contributed by atoms with E-state index in [9.17, 15) is 10.2 Å². The van der Waals surface area contributed by atoms with Gasteiger partial charge in [0.15, 0.2) is 11.5 Å². The molecule has 2 aliphatic rings. The monoisotopic (exact) mass is 280 g/mol. The molecule has 6 heteroatoms. The highest BCUT2D eigenvalue weighted by Crippen LogP contribution is 2.42. The maximum Gasteiger partial charge on any atom is 0.184 e. The van der Waals surface area contributed by atoms with Gasteiger partial charge in [-0.2, -0.15) is 0 Å². The highest BCUT2D eigenvalue weighted by Gasteiger charge is 2.40. The summed E-state index contributed by atoms with van der Waals surface area (Å²) in [5, 5.41) is 22.8. The standard InChI is InChI=1S/C14H20N2O4/c17-9-14(10-18)8-15-4-5-16(14)11-2-1-3-12-13(11)20-7-6-19-12/h1-3,15,17-18H,4-10H2. The molecule has 0 saturated carbocycles. The van der Waals surface area contributed by atoms with Crippen molar-refractivity contribution >= 4 is 5.69 Å². The molecule has 0 amide bonds. The Bertz CT molecular complexity index is 476. The maximum atomic E-state index is 9.76. The molecule has 2 aliphatic heterocycles. The number of aliphatic hydroxyl groups is 2. The van der Waals surface area contributed by atoms with Crippen molar-refractivity contribution < 1.29 is 19.7 Å². The summed E-state index contributed by atoms with van der Waals surface area (Å²) in [6.45, 7) is 2.84. The lowest BCUT2D eigenvalue weighted by atomic mass is 9.95. The van der Waals surface area contributed by atoms with Crippen LogP contribution in [0.5, 0.6) is 11.5 Å². The van der Waals surface area contributed by atoms with Gasteiger partial charge >= 0.3 is 0 Å². The number of fused-ring (bicyclic) bond motifs is 1. The second kappa shape index (κ2) is 5.47. The highest BCUT2D eigenvalue weighted by molar-refractivity contribution is 5.67. The van der Waals surface area contributed by atoms with Gasteiger partial charge in [0.2, 0.25) is 0 Å². The number of hydrogen-bond acceptors (Lipinski definition) is 6. The van der Waals surface area contributed by atoms with Gasteiger partial charge in [-0.25, -0.2) is 0 Å². The van der Waals surface area contributed by atoms with E-state index in [1.807, 2.05) is 23.1 Å². The smallest absolute Gasteiger partial charge is 0.184 e. The number of nitrogens with one attached hydrogen (secondary N) is 1. The molecular weight excluding hydrogens is 260 g/mol. The average molecular weight is 280 g/mol. The van der Waals surface area contributed by atoms with Crippen LogP contribution in [-0.2, 0) is 0 Å². The third-order valence-corrected chi connectivity index (χ3v) is 3.96. The van der Waals surface area contributed by atoms with E-state index in [0.29, 0.717) is 32.1 Å². The van der Waals surface area contributed by atoms with Gasteiger partial charge < -0.3 is 29.9 Å². The van der Waals surface area contributed by atoms with Crippen LogP contribution in [0.4, 0.5) is 5.69 Å². The second-order valence-electron chi connectivity index (χ2n) is 5.17. The number of ether oxygens (including phenoxy) is 2. The van der Waals surface area contributed by atoms with E-state index in [1.165, 1.54) is 0 Å². The Morgan fingerprint density at radius 3 is 2.80 bits per heavy atom. The van der Waals surface area contributed by atoms with Gasteiger partial charge in [-0.1, -0.05) is 6.07 Å². The van der Waals surface area contributed by atoms with E-state index in [2.05, 4.69) is 5.32 Å². The molecule has 1 saturated heterocycles. The Morgan fingerprint density at radius 2 is 2.00 bits per heavy atom. The first-order valence-corrected chi connectivity index (χ1v) is 6.89. The molecule has 6 nitrogen and oxygen atoms in total. The van der Waals surface area contributed by atoms with Crippen LogP contribution in [-0.4, -0.2) is 61.8 Å². The van der Waals surface area contributed by atoms with Crippen molar-refractivity contribution in [2.45, 2.75) is 5.54 Å². The third-order valence-electron chi connectivity index (χ3n) is 3.96. The first kappa shape index (κ1) is 13.5. The molecule has 0 aromatic heterocycles. The predicted octanol–water partition coefficient (Wildman–Crippen LogP) is -0.409. The lowest BCUT2D eigenvalue weighted by molar-refractivity contribution is 0.101. The van der Waals surface area contributed by atoms with Gasteiger partial charge in [-0.15, -0.1) is 0 Å². The molecule has 0 unspecified atom stereocenters. The summed E-state index contributed by atoms with van der Waals surface area (Å²) in [5.41, 5.74) is 0.153. The number of para-hydroxylation sites is 1. The molecule has 2 heterocycles. The molecule has 0 spiro atoms. The molecule has 0 aliphatic carbocycles. The van der Waals surface area contributed by atoms with Crippen molar-refractivity contribution in [3.05, 3.63) is 18.2 Å². The van der Waals surface area contributed by atoms with E-state index >= 15 is 0 Å². The van der Waals surface area contributed by atoms with E-state index in [0.717, 1.165) is 18.0 Å². The Balaban J connectivity index is 2.02. The van der Waals surface area contributed by atoms with Crippen LogP contribution in [0.2, 0.25) is 0 Å². The van der Waals surface area contributed by atoms with Crippen LogP contribution in [0.15, 0.2) is 18.2 Å². The average Bonchev–Trinajstić information content (AvgIpc) is 2.54. The van der Waals surface area contributed by atoms with Gasteiger partial charge in [0.05, 0.1) is 24.4 Å². The lowest BCUT2D eigenvalue weighted by Gasteiger charge is -2.47. The fraction of sp³-hybridized carbons (Fsp3) is 0.571. The molecule has 0 bridgehead atoms. The number of hydrogen-bond donors (Lipinski definition) is 3. The van der Waals surface area contributed by atoms with Gasteiger partial charge in [0.1, 0.15) is 13.2 Å². The highest BCUT2D eigenvalue weighted by atomic mass is 16.6. The first-order chi connectivity index (χ1) is 9.80. The van der Waals surface area contributed by atoms with Crippen molar-refractivity contribution in [2.24, 2.45) is 0 Å². The van der Waals surface area contributed by atoms with Crippen LogP contribution < -0.4 is 19.7 Å². The number of rotatable bonds is 3. The van der Waals surface area contributed by atoms with Gasteiger partial charge in [0.25, 0.3) is 0 Å². The van der Waals surface area contributed by atoms with Crippen molar-refractivity contribution in [1.29, 1.82) is 0 Å². The normalized spacial score (nSPS) is 20.8. The third kappa shape index (κ3) is 2.09. The molecule has 3 N–H and O–H groups in total. The van der Waals surface area contributed by atoms with Crippen molar-refractivity contribution in [2.75, 3.05) is 51.0 Å². The summed E-state index contributed by atoms with van der Waals surface area (Å²) in [4.78, 5) is 2.02. The number of anilines is 1. The Hall–Kier alpha value is -1.50. The molecular formula is C14H20N2O4. The summed E-state index contributed by atoms with van der Waals surface area (Å²) in [5.74, 6) is 1.42. The van der Waals surface area contributed by atoms with E-state index in [4.69, 9.17) is 9.47 Å². The molecule has 0 atom stereocenters. The zero-order chi connectivity index (χ0) is 14.0. The number of nitrogens with zero attached hydrogens (tertiary/aromatic N) is 1. The molecule has 20 heavy (non-hydrogen) atoms. The summed E-state index contributed by atoms with van der Waals surface area (Å²) in [7, 11) is 0. The summed E-state index contributed by atoms with van der Waals surface area (Å²) < 4.78 is 11.3. The minimum atomic E-state index is -0.714. The fourth-order valence-corrected chi connectivity index (χ4v) is 2.82. The van der Waals surface area contributed by atoms with E-state index in [1.54, 1.807) is 0 Å². The predicted molar refractivity (Wildman–Crippen MR) is 74.6 cm³/mol. The number of piperazine rings is 1. The zero-order valence-corrected chi connectivity index (χ0v) is 11.3. The van der Waals surface area contributed by atoms with Gasteiger partial charge in [0, 0.05) is 19.6 Å². The minimum Gasteiger partial charge on any atom is -0.486 e. The van der Waals surface area contributed by atoms with Crippen molar-refractivity contribution in [1.82, 2.24) is 5.32 Å². The Labute approximate surface area is 117 Å².